The number of sulfonamides is 1. The number of carbonyl (C=O) groups is 5. The highest BCUT2D eigenvalue weighted by atomic mass is 32.2. The number of ketones is 4. The van der Waals surface area contributed by atoms with Crippen LogP contribution in [0.15, 0.2) is 21.6 Å². The molecule has 0 radical (unpaired) electrons. The number of primary amides is 1. The summed E-state index contributed by atoms with van der Waals surface area (Å²) in [6.07, 6.45) is -0.238. The second-order valence-electron chi connectivity index (χ2n) is 12.8. The molecule has 0 aliphatic heterocycles. The summed E-state index contributed by atoms with van der Waals surface area (Å²) in [6, 6.07) is 1.35. The van der Waals surface area contributed by atoms with Gasteiger partial charge >= 0.3 is 0 Å². The van der Waals surface area contributed by atoms with Gasteiger partial charge in [-0.15, -0.1) is 0 Å². The second-order valence-corrected chi connectivity index (χ2v) is 14.5. The molecule has 2 unspecified atom stereocenters. The molecule has 2 fully saturated rings. The Morgan fingerprint density at radius 2 is 1.80 bits per heavy atom. The van der Waals surface area contributed by atoms with Gasteiger partial charge in [-0.1, -0.05) is 25.1 Å². The Hall–Kier alpha value is -3.79. The maximum Gasteiger partial charge on any atom is 0.246 e. The van der Waals surface area contributed by atoms with Crippen LogP contribution in [0, 0.1) is 36.5 Å². The van der Waals surface area contributed by atoms with E-state index in [0.717, 1.165) is 0 Å². The largest absolute Gasteiger partial charge is 0.507 e. The van der Waals surface area contributed by atoms with Crippen LogP contribution in [0.4, 0.5) is 0 Å². The summed E-state index contributed by atoms with van der Waals surface area (Å²) >= 11 is 0. The first-order valence-electron chi connectivity index (χ1n) is 13.9. The number of aromatic hydroxyl groups is 1. The molecule has 5 rings (SSSR count). The van der Waals surface area contributed by atoms with Crippen molar-refractivity contribution in [1.29, 1.82) is 0 Å². The fraction of sp³-hybridized carbons (Fsp3) is 0.517. The lowest BCUT2D eigenvalue weighted by Crippen LogP contribution is -2.79. The predicted octanol–water partition coefficient (Wildman–Crippen LogP) is -0.269. The summed E-state index contributed by atoms with van der Waals surface area (Å²) in [5.41, 5.74) is -0.0569. The molecule has 5 N–H and O–H groups in total. The third-order valence-electron chi connectivity index (χ3n) is 9.66. The molecule has 1 amide bonds. The molecule has 6 atom stereocenters. The van der Waals surface area contributed by atoms with Gasteiger partial charge in [0.05, 0.1) is 17.5 Å². The van der Waals surface area contributed by atoms with E-state index in [2.05, 4.69) is 9.88 Å². The van der Waals surface area contributed by atoms with Crippen LogP contribution in [0.3, 0.4) is 0 Å². The van der Waals surface area contributed by atoms with Gasteiger partial charge in [-0.2, -0.15) is 0 Å². The van der Waals surface area contributed by atoms with Crippen molar-refractivity contribution < 1.29 is 47.1 Å². The van der Waals surface area contributed by atoms with Gasteiger partial charge in [-0.3, -0.25) is 28.9 Å². The van der Waals surface area contributed by atoms with E-state index < -0.39 is 79.1 Å². The summed E-state index contributed by atoms with van der Waals surface area (Å²) in [6.45, 7) is 5.65. The van der Waals surface area contributed by atoms with Crippen molar-refractivity contribution in [2.45, 2.75) is 63.6 Å². The van der Waals surface area contributed by atoms with Crippen LogP contribution in [0.5, 0.6) is 5.75 Å². The number of carbonyl (C=O) groups excluding carboxylic acids is 5. The molecule has 44 heavy (non-hydrogen) atoms. The zero-order valence-electron chi connectivity index (χ0n) is 25.0. The van der Waals surface area contributed by atoms with Crippen molar-refractivity contribution >= 4 is 39.1 Å². The molecule has 236 valence electrons. The smallest absolute Gasteiger partial charge is 0.246 e. The van der Waals surface area contributed by atoms with E-state index in [0.29, 0.717) is 5.56 Å². The lowest BCUT2D eigenvalue weighted by molar-refractivity contribution is -0.203. The van der Waals surface area contributed by atoms with Crippen molar-refractivity contribution in [2.24, 2.45) is 28.4 Å². The van der Waals surface area contributed by atoms with E-state index in [-0.39, 0.29) is 46.9 Å². The fourth-order valence-electron chi connectivity index (χ4n) is 8.05. The van der Waals surface area contributed by atoms with Gasteiger partial charge in [0.1, 0.15) is 16.3 Å². The third kappa shape index (κ3) is 4.06. The molecule has 3 aliphatic carbocycles. The average molecular weight is 631 g/mol. The van der Waals surface area contributed by atoms with Crippen LogP contribution < -0.4 is 10.5 Å². The molecule has 14 nitrogen and oxygen atoms in total. The standard InChI is InChI=1S/C29H34N4O10S/c1-12-22(13(2)43-32-12)44(41,42)31-10-14-7-8-16(34)17-15(14)9-27(3)11-28(4)23(33(5)6)21(36)18(26(30)39)24(37)29(28,40)25(38)19(27)20(17)35/h7-8,18-19,23,31,34,40H,9-11H2,1-6H3,(H2,30,39)/t18?,19?,23-,27+,28+,29-/m1/s1. The number of Topliss-reactive ketones (excluding diaryl/α,β-unsaturated/α-hetero) is 4. The second kappa shape index (κ2) is 9.86. The van der Waals surface area contributed by atoms with Crippen molar-refractivity contribution in [2.75, 3.05) is 14.1 Å². The van der Waals surface area contributed by atoms with Gasteiger partial charge in [0.25, 0.3) is 0 Å². The lowest BCUT2D eigenvalue weighted by atomic mass is 9.42. The molecule has 1 heterocycles. The molecule has 0 bridgehead atoms. The molecule has 2 aromatic rings. The van der Waals surface area contributed by atoms with E-state index in [9.17, 15) is 42.6 Å². The Morgan fingerprint density at radius 3 is 2.34 bits per heavy atom. The van der Waals surface area contributed by atoms with Crippen LogP contribution in [-0.2, 0) is 42.2 Å². The highest BCUT2D eigenvalue weighted by molar-refractivity contribution is 7.89. The number of nitrogens with one attached hydrogen (secondary N) is 1. The Morgan fingerprint density at radius 1 is 1.16 bits per heavy atom. The molecule has 2 saturated carbocycles. The maximum atomic E-state index is 14.3. The van der Waals surface area contributed by atoms with E-state index in [1.165, 1.54) is 51.9 Å². The summed E-state index contributed by atoms with van der Waals surface area (Å²) in [4.78, 5) is 69.1. The zero-order chi connectivity index (χ0) is 32.9. The molecule has 3 aliphatic rings. The number of hydrogen-bond acceptors (Lipinski definition) is 12. The average Bonchev–Trinajstić information content (AvgIpc) is 3.23. The number of nitrogens with zero attached hydrogens (tertiary/aromatic N) is 2. The highest BCUT2D eigenvalue weighted by Gasteiger charge is 2.76. The van der Waals surface area contributed by atoms with Crippen LogP contribution in [0.2, 0.25) is 0 Å². The number of phenols is 1. The summed E-state index contributed by atoms with van der Waals surface area (Å²) in [7, 11) is -1.10. The number of aromatic nitrogens is 1. The molecular formula is C29H34N4O10S. The monoisotopic (exact) mass is 630 g/mol. The normalized spacial score (nSPS) is 32.0. The number of nitrogens with two attached hydrogens (primary N) is 1. The quantitative estimate of drug-likeness (QED) is 0.303. The number of likely N-dealkylation sites (N-methyl/N-ethyl adjacent to an activating group) is 1. The van der Waals surface area contributed by atoms with Crippen LogP contribution >= 0.6 is 0 Å². The predicted molar refractivity (Wildman–Crippen MR) is 151 cm³/mol. The zero-order valence-corrected chi connectivity index (χ0v) is 25.9. The molecule has 1 aromatic heterocycles. The number of phenolic OH excluding ortho intramolecular Hbond substituents is 1. The number of benzene rings is 1. The Kier molecular flexibility index (Phi) is 7.09. The number of fused-ring (bicyclic) bond motifs is 3. The van der Waals surface area contributed by atoms with Gasteiger partial charge in [0.2, 0.25) is 15.9 Å². The minimum absolute atomic E-state index is 0.0469. The first-order chi connectivity index (χ1) is 20.2. The van der Waals surface area contributed by atoms with Crippen LogP contribution in [0.25, 0.3) is 0 Å². The molecular weight excluding hydrogens is 596 g/mol. The van der Waals surface area contributed by atoms with E-state index >= 15 is 0 Å². The van der Waals surface area contributed by atoms with E-state index in [4.69, 9.17) is 10.3 Å². The molecule has 1 aromatic carbocycles. The summed E-state index contributed by atoms with van der Waals surface area (Å²) < 4.78 is 33.7. The van der Waals surface area contributed by atoms with Gasteiger partial charge in [0, 0.05) is 12.0 Å². The Balaban J connectivity index is 1.62. The molecule has 0 spiro atoms. The van der Waals surface area contributed by atoms with Gasteiger partial charge < -0.3 is 20.5 Å². The van der Waals surface area contributed by atoms with Crippen molar-refractivity contribution in [1.82, 2.24) is 14.8 Å². The van der Waals surface area contributed by atoms with Crippen molar-refractivity contribution in [3.63, 3.8) is 0 Å². The number of hydrogen-bond donors (Lipinski definition) is 4. The van der Waals surface area contributed by atoms with Crippen molar-refractivity contribution in [3.05, 3.63) is 40.3 Å². The maximum absolute atomic E-state index is 14.3. The van der Waals surface area contributed by atoms with Gasteiger partial charge in [0.15, 0.2) is 40.4 Å². The summed E-state index contributed by atoms with van der Waals surface area (Å²) in [5.74, 6) is -9.69. The van der Waals surface area contributed by atoms with Crippen molar-refractivity contribution in [3.8, 4) is 5.75 Å². The van der Waals surface area contributed by atoms with Gasteiger partial charge in [-0.05, 0) is 63.4 Å². The van der Waals surface area contributed by atoms with Gasteiger partial charge in [-0.25, -0.2) is 13.1 Å². The van der Waals surface area contributed by atoms with Crippen LogP contribution in [0.1, 0.15) is 53.2 Å². The Labute approximate surface area is 253 Å². The minimum Gasteiger partial charge on any atom is -0.507 e. The van der Waals surface area contributed by atoms with E-state index in [1.54, 1.807) is 6.92 Å². The SMILES string of the molecule is Cc1noc(C)c1S(=O)(=O)NCc1ccc(O)c2c1C[C@@]1(C)C[C@@]3(C)[C@H](N(C)C)C(=O)C(C(N)=O)C(=O)[C@@]3(O)C(=O)C1C2=O. The number of aryl methyl sites for hydroxylation is 2. The first kappa shape index (κ1) is 31.6. The topological polar surface area (TPSA) is 227 Å². The van der Waals surface area contributed by atoms with E-state index in [1.807, 2.05) is 0 Å². The number of rotatable bonds is 6. The fourth-order valence-corrected chi connectivity index (χ4v) is 9.38. The minimum atomic E-state index is -4.11. The first-order valence-corrected chi connectivity index (χ1v) is 15.3. The van der Waals surface area contributed by atoms with Crippen LogP contribution in [-0.4, -0.2) is 83.5 Å². The molecule has 15 heteroatoms. The highest BCUT2D eigenvalue weighted by Crippen LogP contribution is 2.61. The molecule has 0 saturated heterocycles. The number of amides is 1. The summed E-state index contributed by atoms with van der Waals surface area (Å²) in [5, 5.41) is 26.5. The number of aliphatic hydroxyl groups is 1. The third-order valence-corrected chi connectivity index (χ3v) is 11.3. The lowest BCUT2D eigenvalue weighted by Gasteiger charge is -2.61. The Bertz CT molecular complexity index is 1760.